The molecule has 8 nitrogen and oxygen atoms in total. The summed E-state index contributed by atoms with van der Waals surface area (Å²) in [6, 6.07) is 3.03. The maximum atomic E-state index is 13.1. The van der Waals surface area contributed by atoms with Crippen LogP contribution in [0.1, 0.15) is 29.6 Å². The second kappa shape index (κ2) is 6.51. The molecular weight excluding hydrogens is 326 g/mol. The van der Waals surface area contributed by atoms with Crippen LogP contribution >= 0.6 is 0 Å². The third-order valence-corrected chi connectivity index (χ3v) is 5.16. The van der Waals surface area contributed by atoms with Crippen molar-refractivity contribution in [3.8, 4) is 11.5 Å². The largest absolute Gasteiger partial charge is 0.486 e. The monoisotopic (exact) mass is 347 g/mol. The minimum absolute atomic E-state index is 0.148. The molecule has 0 saturated carbocycles. The van der Waals surface area contributed by atoms with Gasteiger partial charge in [-0.15, -0.1) is 0 Å². The summed E-state index contributed by atoms with van der Waals surface area (Å²) in [5, 5.41) is 11.2. The van der Waals surface area contributed by atoms with Gasteiger partial charge >= 0.3 is 0 Å². The Bertz CT molecular complexity index is 708. The predicted molar refractivity (Wildman–Crippen MR) is 89.2 cm³/mol. The van der Waals surface area contributed by atoms with E-state index in [4.69, 9.17) is 9.47 Å². The molecule has 3 heterocycles. The quantitative estimate of drug-likeness (QED) is 0.598. The number of carbonyl (C=O) groups is 1. The molecule has 0 radical (unpaired) electrons. The summed E-state index contributed by atoms with van der Waals surface area (Å²) in [6.45, 7) is 4.07. The normalized spacial score (nSPS) is 23.0. The van der Waals surface area contributed by atoms with E-state index in [-0.39, 0.29) is 22.9 Å². The Balaban J connectivity index is 1.66. The van der Waals surface area contributed by atoms with E-state index in [9.17, 15) is 14.9 Å². The smallest absolute Gasteiger partial charge is 0.274 e. The summed E-state index contributed by atoms with van der Waals surface area (Å²) >= 11 is 0. The van der Waals surface area contributed by atoms with Crippen LogP contribution in [0.15, 0.2) is 12.1 Å². The highest BCUT2D eigenvalue weighted by atomic mass is 16.6. The van der Waals surface area contributed by atoms with Crippen LogP contribution in [0.3, 0.4) is 0 Å². The van der Waals surface area contributed by atoms with Crippen molar-refractivity contribution < 1.29 is 19.2 Å². The lowest BCUT2D eigenvalue weighted by atomic mass is 10.1. The first-order chi connectivity index (χ1) is 12.1. The standard InChI is InChI=1S/C17H21N3O5/c21-17(19-6-2-5-18-4-1-3-12(18)11-19)14-9-13(20(22)23)10-15-16(14)25-8-7-24-15/h9-10,12H,1-8,11H2/t12-/m1/s1. The minimum Gasteiger partial charge on any atom is -0.486 e. The summed E-state index contributed by atoms with van der Waals surface area (Å²) < 4.78 is 11.1. The number of nitro benzene ring substituents is 1. The lowest BCUT2D eigenvalue weighted by Gasteiger charge is -2.27. The fraction of sp³-hybridized carbons (Fsp3) is 0.588. The van der Waals surface area contributed by atoms with Crippen molar-refractivity contribution in [3.63, 3.8) is 0 Å². The number of nitrogens with zero attached hydrogens (tertiary/aromatic N) is 3. The number of nitro groups is 1. The lowest BCUT2D eigenvalue weighted by Crippen LogP contribution is -2.40. The number of non-ortho nitro benzene ring substituents is 1. The molecule has 0 aromatic heterocycles. The summed E-state index contributed by atoms with van der Waals surface area (Å²) in [5.74, 6) is 0.398. The first-order valence-corrected chi connectivity index (χ1v) is 8.75. The Morgan fingerprint density at radius 1 is 1.16 bits per heavy atom. The molecule has 134 valence electrons. The lowest BCUT2D eigenvalue weighted by molar-refractivity contribution is -0.385. The predicted octanol–water partition coefficient (Wildman–Crippen LogP) is 1.68. The molecule has 3 aliphatic heterocycles. The summed E-state index contributed by atoms with van der Waals surface area (Å²) in [5.41, 5.74) is 0.0836. The number of ether oxygens (including phenoxy) is 2. The van der Waals surface area contributed by atoms with E-state index in [1.807, 2.05) is 4.90 Å². The maximum absolute atomic E-state index is 13.1. The Morgan fingerprint density at radius 3 is 2.80 bits per heavy atom. The van der Waals surface area contributed by atoms with Gasteiger partial charge in [0.25, 0.3) is 11.6 Å². The van der Waals surface area contributed by atoms with Crippen LogP contribution in [0.25, 0.3) is 0 Å². The highest BCUT2D eigenvalue weighted by Gasteiger charge is 2.33. The molecule has 0 bridgehead atoms. The van der Waals surface area contributed by atoms with Crippen LogP contribution in [-0.4, -0.2) is 66.1 Å². The Kier molecular flexibility index (Phi) is 4.20. The Labute approximate surface area is 145 Å². The van der Waals surface area contributed by atoms with E-state index < -0.39 is 4.92 Å². The Hall–Kier alpha value is -2.35. The zero-order valence-electron chi connectivity index (χ0n) is 14.0. The fourth-order valence-electron chi connectivity index (χ4n) is 3.96. The average molecular weight is 347 g/mol. The summed E-state index contributed by atoms with van der Waals surface area (Å²) in [6.07, 6.45) is 3.17. The molecule has 0 spiro atoms. The number of fused-ring (bicyclic) bond motifs is 2. The number of rotatable bonds is 2. The second-order valence-electron chi connectivity index (χ2n) is 6.71. The zero-order valence-corrected chi connectivity index (χ0v) is 14.0. The van der Waals surface area contributed by atoms with E-state index in [2.05, 4.69) is 4.90 Å². The van der Waals surface area contributed by atoms with Gasteiger partial charge in [0.2, 0.25) is 0 Å². The van der Waals surface area contributed by atoms with Gasteiger partial charge in [-0.25, -0.2) is 0 Å². The van der Waals surface area contributed by atoms with Gasteiger partial charge < -0.3 is 14.4 Å². The SMILES string of the molecule is O=C(c1cc([N+](=O)[O-])cc2c1OCCO2)N1CCCN2CCC[C@@H]2C1. The molecule has 0 N–H and O–H groups in total. The van der Waals surface area contributed by atoms with E-state index in [1.54, 1.807) is 0 Å². The van der Waals surface area contributed by atoms with Crippen molar-refractivity contribution in [1.29, 1.82) is 0 Å². The second-order valence-corrected chi connectivity index (χ2v) is 6.71. The van der Waals surface area contributed by atoms with Crippen LogP contribution < -0.4 is 9.47 Å². The van der Waals surface area contributed by atoms with Crippen molar-refractivity contribution in [2.24, 2.45) is 0 Å². The van der Waals surface area contributed by atoms with E-state index in [0.717, 1.165) is 32.4 Å². The third kappa shape index (κ3) is 3.02. The van der Waals surface area contributed by atoms with Crippen molar-refractivity contribution >= 4 is 11.6 Å². The van der Waals surface area contributed by atoms with Crippen molar-refractivity contribution in [2.75, 3.05) is 39.4 Å². The highest BCUT2D eigenvalue weighted by molar-refractivity contribution is 5.98. The molecule has 2 fully saturated rings. The number of benzene rings is 1. The van der Waals surface area contributed by atoms with E-state index in [1.165, 1.54) is 12.1 Å². The maximum Gasteiger partial charge on any atom is 0.274 e. The fourth-order valence-corrected chi connectivity index (χ4v) is 3.96. The first kappa shape index (κ1) is 16.1. The number of carbonyl (C=O) groups excluding carboxylic acids is 1. The van der Waals surface area contributed by atoms with Crippen LogP contribution in [0, 0.1) is 10.1 Å². The molecular formula is C17H21N3O5. The van der Waals surface area contributed by atoms with Gasteiger partial charge in [0, 0.05) is 31.7 Å². The number of amides is 1. The van der Waals surface area contributed by atoms with Gasteiger partial charge in [-0.05, 0) is 25.8 Å². The molecule has 0 aliphatic carbocycles. The van der Waals surface area contributed by atoms with Crippen molar-refractivity contribution in [3.05, 3.63) is 27.8 Å². The van der Waals surface area contributed by atoms with Gasteiger partial charge in [-0.2, -0.15) is 0 Å². The topological polar surface area (TPSA) is 85.1 Å². The van der Waals surface area contributed by atoms with Gasteiger partial charge in [0.05, 0.1) is 16.6 Å². The van der Waals surface area contributed by atoms with E-state index >= 15 is 0 Å². The van der Waals surface area contributed by atoms with Crippen molar-refractivity contribution in [1.82, 2.24) is 9.80 Å². The highest BCUT2D eigenvalue weighted by Crippen LogP contribution is 2.38. The minimum atomic E-state index is -0.504. The van der Waals surface area contributed by atoms with Crippen molar-refractivity contribution in [2.45, 2.75) is 25.3 Å². The molecule has 8 heteroatoms. The summed E-state index contributed by atoms with van der Waals surface area (Å²) in [7, 11) is 0. The van der Waals surface area contributed by atoms with Crippen LogP contribution in [0.2, 0.25) is 0 Å². The molecule has 1 aromatic rings. The molecule has 4 rings (SSSR count). The molecule has 25 heavy (non-hydrogen) atoms. The number of hydrogen-bond acceptors (Lipinski definition) is 6. The number of hydrogen-bond donors (Lipinski definition) is 0. The average Bonchev–Trinajstić information content (AvgIpc) is 2.96. The van der Waals surface area contributed by atoms with Gasteiger partial charge in [-0.1, -0.05) is 0 Å². The molecule has 1 amide bonds. The van der Waals surface area contributed by atoms with Gasteiger partial charge in [0.1, 0.15) is 13.2 Å². The van der Waals surface area contributed by atoms with Gasteiger partial charge in [0.15, 0.2) is 11.5 Å². The van der Waals surface area contributed by atoms with Crippen LogP contribution in [0.5, 0.6) is 11.5 Å². The molecule has 3 aliphatic rings. The zero-order chi connectivity index (χ0) is 17.4. The van der Waals surface area contributed by atoms with E-state index in [0.29, 0.717) is 38.1 Å². The molecule has 0 unspecified atom stereocenters. The van der Waals surface area contributed by atoms with Gasteiger partial charge in [-0.3, -0.25) is 19.8 Å². The summed E-state index contributed by atoms with van der Waals surface area (Å²) in [4.78, 5) is 28.1. The molecule has 1 aromatic carbocycles. The molecule has 2 saturated heterocycles. The molecule has 1 atom stereocenters. The Morgan fingerprint density at radius 2 is 1.96 bits per heavy atom. The third-order valence-electron chi connectivity index (χ3n) is 5.16. The van der Waals surface area contributed by atoms with Crippen LogP contribution in [-0.2, 0) is 0 Å². The van der Waals surface area contributed by atoms with Crippen LogP contribution in [0.4, 0.5) is 5.69 Å². The first-order valence-electron chi connectivity index (χ1n) is 8.75.